The molecule has 0 spiro atoms. The van der Waals surface area contributed by atoms with E-state index in [1.807, 2.05) is 48.5 Å². The van der Waals surface area contributed by atoms with Crippen LogP contribution in [0.1, 0.15) is 17.0 Å². The Labute approximate surface area is 182 Å². The van der Waals surface area contributed by atoms with E-state index in [0.29, 0.717) is 19.5 Å². The summed E-state index contributed by atoms with van der Waals surface area (Å²) in [6.07, 6.45) is 2.15. The number of para-hydroxylation sites is 2. The molecular formula is C26H27N3O2. The van der Waals surface area contributed by atoms with E-state index in [0.717, 1.165) is 41.0 Å². The first kappa shape index (κ1) is 20.7. The van der Waals surface area contributed by atoms with Crippen LogP contribution in [0.3, 0.4) is 0 Å². The molecule has 158 valence electrons. The Morgan fingerprint density at radius 2 is 1.65 bits per heavy atom. The van der Waals surface area contributed by atoms with E-state index in [-0.39, 0.29) is 5.91 Å². The Hall–Kier alpha value is -3.60. The minimum absolute atomic E-state index is 0.0143. The topological polar surface area (TPSA) is 56.1 Å². The summed E-state index contributed by atoms with van der Waals surface area (Å²) in [5.74, 6) is 1.86. The number of benzene rings is 3. The Morgan fingerprint density at radius 3 is 2.42 bits per heavy atom. The predicted molar refractivity (Wildman–Crippen MR) is 123 cm³/mol. The summed E-state index contributed by atoms with van der Waals surface area (Å²) in [5.41, 5.74) is 4.37. The van der Waals surface area contributed by atoms with E-state index in [1.54, 1.807) is 7.11 Å². The minimum atomic E-state index is 0.0143. The van der Waals surface area contributed by atoms with Crippen molar-refractivity contribution in [2.75, 3.05) is 13.7 Å². The normalized spacial score (nSPS) is 10.9. The number of amides is 1. The van der Waals surface area contributed by atoms with Gasteiger partial charge in [0.1, 0.15) is 11.6 Å². The van der Waals surface area contributed by atoms with Crippen LogP contribution in [0.2, 0.25) is 0 Å². The molecule has 1 N–H and O–H groups in total. The largest absolute Gasteiger partial charge is 0.497 e. The van der Waals surface area contributed by atoms with Gasteiger partial charge >= 0.3 is 0 Å². The van der Waals surface area contributed by atoms with Crippen molar-refractivity contribution < 1.29 is 9.53 Å². The molecule has 1 heterocycles. The molecule has 0 bridgehead atoms. The van der Waals surface area contributed by atoms with Crippen LogP contribution in [0.5, 0.6) is 5.75 Å². The van der Waals surface area contributed by atoms with Gasteiger partial charge in [-0.25, -0.2) is 4.98 Å². The number of imidazole rings is 1. The fraction of sp³-hybridized carbons (Fsp3) is 0.231. The second-order valence-electron chi connectivity index (χ2n) is 7.53. The molecule has 4 rings (SSSR count). The van der Waals surface area contributed by atoms with Crippen LogP contribution in [-0.2, 0) is 30.6 Å². The van der Waals surface area contributed by atoms with Crippen molar-refractivity contribution in [3.8, 4) is 5.75 Å². The summed E-state index contributed by atoms with van der Waals surface area (Å²) < 4.78 is 7.39. The predicted octanol–water partition coefficient (Wildman–Crippen LogP) is 4.19. The van der Waals surface area contributed by atoms with Crippen molar-refractivity contribution >= 4 is 16.9 Å². The zero-order valence-corrected chi connectivity index (χ0v) is 17.8. The molecule has 4 aromatic rings. The van der Waals surface area contributed by atoms with Gasteiger partial charge in [0.2, 0.25) is 5.91 Å². The number of methoxy groups -OCH3 is 1. The number of carbonyl (C=O) groups is 1. The molecule has 0 aliphatic rings. The average Bonchev–Trinajstić information content (AvgIpc) is 3.16. The van der Waals surface area contributed by atoms with Gasteiger partial charge in [-0.05, 0) is 41.8 Å². The molecule has 0 radical (unpaired) electrons. The number of rotatable bonds is 9. The van der Waals surface area contributed by atoms with E-state index in [1.165, 1.54) is 5.56 Å². The Bertz CT molecular complexity index is 1130. The second-order valence-corrected chi connectivity index (χ2v) is 7.53. The number of nitrogens with zero attached hydrogens (tertiary/aromatic N) is 2. The molecule has 5 heteroatoms. The molecule has 31 heavy (non-hydrogen) atoms. The molecule has 1 aromatic heterocycles. The van der Waals surface area contributed by atoms with Crippen LogP contribution in [0.25, 0.3) is 11.0 Å². The molecule has 0 saturated carbocycles. The van der Waals surface area contributed by atoms with E-state index >= 15 is 0 Å². The lowest BCUT2D eigenvalue weighted by Crippen LogP contribution is -2.29. The van der Waals surface area contributed by atoms with E-state index < -0.39 is 0 Å². The summed E-state index contributed by atoms with van der Waals surface area (Å²) in [4.78, 5) is 17.2. The number of hydrogen-bond acceptors (Lipinski definition) is 3. The Kier molecular flexibility index (Phi) is 6.62. The lowest BCUT2D eigenvalue weighted by atomic mass is 10.1. The van der Waals surface area contributed by atoms with Crippen molar-refractivity contribution in [3.05, 3.63) is 95.8 Å². The van der Waals surface area contributed by atoms with Crippen molar-refractivity contribution in [2.45, 2.75) is 25.8 Å². The average molecular weight is 414 g/mol. The first-order valence-electron chi connectivity index (χ1n) is 10.6. The maximum Gasteiger partial charge on any atom is 0.224 e. The van der Waals surface area contributed by atoms with Crippen molar-refractivity contribution in [3.63, 3.8) is 0 Å². The monoisotopic (exact) mass is 413 g/mol. The van der Waals surface area contributed by atoms with Gasteiger partial charge in [-0.15, -0.1) is 0 Å². The fourth-order valence-corrected chi connectivity index (χ4v) is 3.76. The molecule has 0 atom stereocenters. The molecule has 1 amide bonds. The zero-order chi connectivity index (χ0) is 21.5. The van der Waals surface area contributed by atoms with E-state index in [4.69, 9.17) is 9.72 Å². The van der Waals surface area contributed by atoms with Crippen LogP contribution < -0.4 is 10.1 Å². The summed E-state index contributed by atoms with van der Waals surface area (Å²) >= 11 is 0. The van der Waals surface area contributed by atoms with Crippen LogP contribution in [0.15, 0.2) is 78.9 Å². The molecule has 0 aliphatic carbocycles. The van der Waals surface area contributed by atoms with Crippen LogP contribution in [-0.4, -0.2) is 29.1 Å². The maximum atomic E-state index is 12.4. The lowest BCUT2D eigenvalue weighted by Gasteiger charge is -2.11. The van der Waals surface area contributed by atoms with Gasteiger partial charge in [-0.2, -0.15) is 0 Å². The number of nitrogens with one attached hydrogen (secondary N) is 1. The highest BCUT2D eigenvalue weighted by Gasteiger charge is 2.11. The highest BCUT2D eigenvalue weighted by Crippen LogP contribution is 2.17. The Morgan fingerprint density at radius 1 is 0.903 bits per heavy atom. The molecule has 0 saturated heterocycles. The lowest BCUT2D eigenvalue weighted by molar-refractivity contribution is -0.120. The van der Waals surface area contributed by atoms with Gasteiger partial charge in [0, 0.05) is 19.5 Å². The first-order chi connectivity index (χ1) is 15.2. The van der Waals surface area contributed by atoms with E-state index in [2.05, 4.69) is 40.2 Å². The molecule has 0 unspecified atom stereocenters. The van der Waals surface area contributed by atoms with Crippen LogP contribution >= 0.6 is 0 Å². The highest BCUT2D eigenvalue weighted by atomic mass is 16.5. The number of fused-ring (bicyclic) bond motifs is 1. The second kappa shape index (κ2) is 9.94. The van der Waals surface area contributed by atoms with Gasteiger partial charge in [0.05, 0.1) is 24.6 Å². The minimum Gasteiger partial charge on any atom is -0.497 e. The van der Waals surface area contributed by atoms with Gasteiger partial charge < -0.3 is 14.6 Å². The third-order valence-corrected chi connectivity index (χ3v) is 5.40. The van der Waals surface area contributed by atoms with Gasteiger partial charge in [0.25, 0.3) is 0 Å². The highest BCUT2D eigenvalue weighted by molar-refractivity contribution is 5.78. The SMILES string of the molecule is COc1ccc(CC(=O)NCCn2c(CCc3ccccc3)nc3ccccc32)cc1. The van der Waals surface area contributed by atoms with Gasteiger partial charge in [-0.1, -0.05) is 54.6 Å². The third kappa shape index (κ3) is 5.31. The maximum absolute atomic E-state index is 12.4. The zero-order valence-electron chi connectivity index (χ0n) is 17.8. The summed E-state index contributed by atoms with van der Waals surface area (Å²) in [7, 11) is 1.63. The standard InChI is InChI=1S/C26H27N3O2/c1-31-22-14-11-21(12-15-22)19-26(30)27-17-18-29-24-10-6-5-9-23(24)28-25(29)16-13-20-7-3-2-4-8-20/h2-12,14-15H,13,16-19H2,1H3,(H,27,30). The fourth-order valence-electron chi connectivity index (χ4n) is 3.76. The number of aryl methyl sites for hydroxylation is 2. The van der Waals surface area contributed by atoms with E-state index in [9.17, 15) is 4.79 Å². The van der Waals surface area contributed by atoms with Gasteiger partial charge in [-0.3, -0.25) is 4.79 Å². The number of hydrogen-bond donors (Lipinski definition) is 1. The van der Waals surface area contributed by atoms with Crippen LogP contribution in [0.4, 0.5) is 0 Å². The Balaban J connectivity index is 1.39. The smallest absolute Gasteiger partial charge is 0.224 e. The summed E-state index contributed by atoms with van der Waals surface area (Å²) in [6.45, 7) is 1.26. The summed E-state index contributed by atoms with van der Waals surface area (Å²) in [5, 5.41) is 3.04. The molecule has 3 aromatic carbocycles. The van der Waals surface area contributed by atoms with Crippen molar-refractivity contribution in [1.29, 1.82) is 0 Å². The van der Waals surface area contributed by atoms with Gasteiger partial charge in [0.15, 0.2) is 0 Å². The molecule has 0 aliphatic heterocycles. The van der Waals surface area contributed by atoms with Crippen molar-refractivity contribution in [1.82, 2.24) is 14.9 Å². The number of aromatic nitrogens is 2. The molecule has 0 fully saturated rings. The number of carbonyl (C=O) groups excluding carboxylic acids is 1. The van der Waals surface area contributed by atoms with Crippen molar-refractivity contribution in [2.24, 2.45) is 0 Å². The number of ether oxygens (including phenoxy) is 1. The molecular weight excluding hydrogens is 386 g/mol. The third-order valence-electron chi connectivity index (χ3n) is 5.40. The summed E-state index contributed by atoms with van der Waals surface area (Å²) in [6, 6.07) is 26.2. The van der Waals surface area contributed by atoms with Crippen LogP contribution in [0, 0.1) is 0 Å². The quantitative estimate of drug-likeness (QED) is 0.448. The first-order valence-corrected chi connectivity index (χ1v) is 10.6. The molecule has 5 nitrogen and oxygen atoms in total.